The van der Waals surface area contributed by atoms with Crippen LogP contribution >= 0.6 is 15.9 Å². The molecule has 0 saturated heterocycles. The normalized spacial score (nSPS) is 11.0. The van der Waals surface area contributed by atoms with Crippen LogP contribution in [0.3, 0.4) is 0 Å². The molecule has 0 fully saturated rings. The first-order valence-corrected chi connectivity index (χ1v) is 6.75. The summed E-state index contributed by atoms with van der Waals surface area (Å²) in [6, 6.07) is 10.9. The second kappa shape index (κ2) is 5.78. The molecule has 0 aromatic heterocycles. The number of nitriles is 1. The number of nitrogens with zero attached hydrogens (tertiary/aromatic N) is 1. The summed E-state index contributed by atoms with van der Waals surface area (Å²) in [6.07, 6.45) is -4.38. The minimum absolute atomic E-state index is 0.175. The zero-order valence-corrected chi connectivity index (χ0v) is 12.5. The summed E-state index contributed by atoms with van der Waals surface area (Å²) in [6.45, 7) is 1.42. The van der Waals surface area contributed by atoms with Gasteiger partial charge in [0, 0.05) is 15.8 Å². The lowest BCUT2D eigenvalue weighted by molar-refractivity contribution is -0.138. The lowest BCUT2D eigenvalue weighted by Crippen LogP contribution is -2.08. The lowest BCUT2D eigenvalue weighted by atomic mass is 10.1. The van der Waals surface area contributed by atoms with Gasteiger partial charge in [-0.1, -0.05) is 6.07 Å². The first-order chi connectivity index (χ1) is 9.81. The summed E-state index contributed by atoms with van der Waals surface area (Å²) in [7, 11) is 0. The van der Waals surface area contributed by atoms with E-state index in [4.69, 9.17) is 5.26 Å². The molecule has 0 heterocycles. The minimum Gasteiger partial charge on any atom is -0.355 e. The van der Waals surface area contributed by atoms with Crippen molar-refractivity contribution >= 4 is 27.3 Å². The number of hydrogen-bond donors (Lipinski definition) is 1. The van der Waals surface area contributed by atoms with Crippen LogP contribution in [0.2, 0.25) is 0 Å². The minimum atomic E-state index is -4.38. The van der Waals surface area contributed by atoms with Gasteiger partial charge in [-0.2, -0.15) is 18.4 Å². The number of nitrogens with one attached hydrogen (secondary N) is 1. The third-order valence-electron chi connectivity index (χ3n) is 2.92. The number of benzene rings is 2. The van der Waals surface area contributed by atoms with Crippen LogP contribution in [-0.4, -0.2) is 0 Å². The van der Waals surface area contributed by atoms with Crippen molar-refractivity contribution in [2.75, 3.05) is 5.32 Å². The highest BCUT2D eigenvalue weighted by atomic mass is 79.9. The number of alkyl halides is 3. The van der Waals surface area contributed by atoms with E-state index in [1.54, 1.807) is 24.3 Å². The van der Waals surface area contributed by atoms with Gasteiger partial charge < -0.3 is 5.32 Å². The highest BCUT2D eigenvalue weighted by Crippen LogP contribution is 2.34. The van der Waals surface area contributed by atoms with Crippen LogP contribution in [0, 0.1) is 18.3 Å². The van der Waals surface area contributed by atoms with Gasteiger partial charge in [0.1, 0.15) is 6.07 Å². The van der Waals surface area contributed by atoms with Crippen LogP contribution in [-0.2, 0) is 6.18 Å². The first-order valence-electron chi connectivity index (χ1n) is 5.96. The van der Waals surface area contributed by atoms with Crippen LogP contribution < -0.4 is 5.32 Å². The van der Waals surface area contributed by atoms with E-state index in [0.717, 1.165) is 6.07 Å². The van der Waals surface area contributed by atoms with Crippen LogP contribution in [0.1, 0.15) is 16.7 Å². The van der Waals surface area contributed by atoms with Crippen molar-refractivity contribution in [3.63, 3.8) is 0 Å². The van der Waals surface area contributed by atoms with Crippen molar-refractivity contribution in [2.45, 2.75) is 13.1 Å². The summed E-state index contributed by atoms with van der Waals surface area (Å²) >= 11 is 3.24. The molecule has 0 aliphatic heterocycles. The van der Waals surface area contributed by atoms with Gasteiger partial charge >= 0.3 is 6.18 Å². The quantitative estimate of drug-likeness (QED) is 0.784. The number of anilines is 2. The molecule has 0 unspecified atom stereocenters. The second-order valence-corrected chi connectivity index (χ2v) is 5.31. The van der Waals surface area contributed by atoms with E-state index in [-0.39, 0.29) is 5.56 Å². The predicted molar refractivity (Wildman–Crippen MR) is 78.3 cm³/mol. The summed E-state index contributed by atoms with van der Waals surface area (Å²) in [5.41, 5.74) is 0.900. The van der Waals surface area contributed by atoms with Gasteiger partial charge in [-0.15, -0.1) is 0 Å². The highest BCUT2D eigenvalue weighted by molar-refractivity contribution is 9.10. The number of aryl methyl sites for hydroxylation is 1. The smallest absolute Gasteiger partial charge is 0.355 e. The van der Waals surface area contributed by atoms with Crippen LogP contribution in [0.25, 0.3) is 0 Å². The second-order valence-electron chi connectivity index (χ2n) is 4.46. The molecule has 0 aliphatic carbocycles. The van der Waals surface area contributed by atoms with E-state index < -0.39 is 11.7 Å². The Balaban J connectivity index is 2.33. The molecule has 0 radical (unpaired) electrons. The molecular formula is C15H10BrF3N2. The summed E-state index contributed by atoms with van der Waals surface area (Å²) in [5, 5.41) is 11.7. The number of hydrogen-bond acceptors (Lipinski definition) is 2. The molecule has 0 saturated carbocycles. The Hall–Kier alpha value is -2.00. The molecule has 0 aliphatic rings. The van der Waals surface area contributed by atoms with Gasteiger partial charge in [0.2, 0.25) is 0 Å². The maximum atomic E-state index is 12.9. The van der Waals surface area contributed by atoms with E-state index in [9.17, 15) is 13.2 Å². The topological polar surface area (TPSA) is 35.8 Å². The standard InChI is InChI=1S/C15H10BrF3N2/c1-9-2-4-11(6-13(9)15(17,18)19)21-12-5-3-10(8-20)14(16)7-12/h2-7,21H,1H3. The fourth-order valence-electron chi connectivity index (χ4n) is 1.86. The van der Waals surface area contributed by atoms with Crippen molar-refractivity contribution in [2.24, 2.45) is 0 Å². The van der Waals surface area contributed by atoms with Crippen molar-refractivity contribution in [1.29, 1.82) is 5.26 Å². The predicted octanol–water partition coefficient (Wildman–Crippen LogP) is 5.39. The molecule has 2 rings (SSSR count). The van der Waals surface area contributed by atoms with Crippen LogP contribution in [0.4, 0.5) is 24.5 Å². The van der Waals surface area contributed by atoms with Crippen molar-refractivity contribution in [3.8, 4) is 6.07 Å². The molecule has 6 heteroatoms. The van der Waals surface area contributed by atoms with Crippen LogP contribution in [0.15, 0.2) is 40.9 Å². The Morgan fingerprint density at radius 3 is 2.29 bits per heavy atom. The molecule has 108 valence electrons. The zero-order valence-electron chi connectivity index (χ0n) is 10.9. The molecular weight excluding hydrogens is 345 g/mol. The summed E-state index contributed by atoms with van der Waals surface area (Å²) in [5.74, 6) is 0. The van der Waals surface area contributed by atoms with Gasteiger partial charge in [-0.05, 0) is 58.7 Å². The van der Waals surface area contributed by atoms with Gasteiger partial charge in [-0.25, -0.2) is 0 Å². The zero-order chi connectivity index (χ0) is 15.6. The van der Waals surface area contributed by atoms with Crippen molar-refractivity contribution < 1.29 is 13.2 Å². The van der Waals surface area contributed by atoms with Gasteiger partial charge in [0.25, 0.3) is 0 Å². The third-order valence-corrected chi connectivity index (χ3v) is 3.58. The Bertz CT molecular complexity index is 718. The number of rotatable bonds is 2. The molecule has 2 nitrogen and oxygen atoms in total. The van der Waals surface area contributed by atoms with Gasteiger partial charge in [-0.3, -0.25) is 0 Å². The van der Waals surface area contributed by atoms with Crippen molar-refractivity contribution in [3.05, 3.63) is 57.6 Å². The Morgan fingerprint density at radius 1 is 1.10 bits per heavy atom. The molecule has 0 bridgehead atoms. The average Bonchev–Trinajstić information content (AvgIpc) is 2.40. The Kier molecular flexibility index (Phi) is 4.24. The fraction of sp³-hybridized carbons (Fsp3) is 0.133. The maximum Gasteiger partial charge on any atom is 0.416 e. The summed E-state index contributed by atoms with van der Waals surface area (Å²) in [4.78, 5) is 0. The van der Waals surface area contributed by atoms with E-state index >= 15 is 0 Å². The summed E-state index contributed by atoms with van der Waals surface area (Å²) < 4.78 is 39.2. The van der Waals surface area contributed by atoms with E-state index in [1.807, 2.05) is 6.07 Å². The largest absolute Gasteiger partial charge is 0.416 e. The molecule has 0 atom stereocenters. The first kappa shape index (κ1) is 15.4. The Labute approximate surface area is 128 Å². The SMILES string of the molecule is Cc1ccc(Nc2ccc(C#N)c(Br)c2)cc1C(F)(F)F. The van der Waals surface area contributed by atoms with E-state index in [2.05, 4.69) is 21.2 Å². The lowest BCUT2D eigenvalue weighted by Gasteiger charge is -2.13. The van der Waals surface area contributed by atoms with Gasteiger partial charge in [0.05, 0.1) is 11.1 Å². The number of halogens is 4. The maximum absolute atomic E-state index is 12.9. The van der Waals surface area contributed by atoms with Gasteiger partial charge in [0.15, 0.2) is 0 Å². The molecule has 0 spiro atoms. The molecule has 0 amide bonds. The Morgan fingerprint density at radius 2 is 1.71 bits per heavy atom. The van der Waals surface area contributed by atoms with Crippen molar-refractivity contribution in [1.82, 2.24) is 0 Å². The molecule has 2 aromatic rings. The van der Waals surface area contributed by atoms with Crippen LogP contribution in [0.5, 0.6) is 0 Å². The van der Waals surface area contributed by atoms with E-state index in [1.165, 1.54) is 13.0 Å². The highest BCUT2D eigenvalue weighted by Gasteiger charge is 2.32. The fourth-order valence-corrected chi connectivity index (χ4v) is 2.32. The molecule has 21 heavy (non-hydrogen) atoms. The monoisotopic (exact) mass is 354 g/mol. The van der Waals surface area contributed by atoms with E-state index in [0.29, 0.717) is 21.4 Å². The average molecular weight is 355 g/mol. The molecule has 1 N–H and O–H groups in total. The molecule has 2 aromatic carbocycles. The third kappa shape index (κ3) is 3.56.